The van der Waals surface area contributed by atoms with Crippen molar-refractivity contribution in [2.75, 3.05) is 6.26 Å². The largest absolute Gasteiger partial charge is 0.284 e. The summed E-state index contributed by atoms with van der Waals surface area (Å²) < 4.78 is 3.25. The highest BCUT2D eigenvalue weighted by molar-refractivity contribution is 7.98. The molecule has 0 N–H and O–H groups in total. The minimum absolute atomic E-state index is 0.120. The number of pyridine rings is 1. The minimum Gasteiger partial charge on any atom is -0.284 e. The third kappa shape index (κ3) is 2.60. The molecule has 0 saturated heterocycles. The van der Waals surface area contributed by atoms with Crippen molar-refractivity contribution in [3.63, 3.8) is 0 Å². The second kappa shape index (κ2) is 6.00. The van der Waals surface area contributed by atoms with Crippen LogP contribution in [-0.4, -0.2) is 30.4 Å². The van der Waals surface area contributed by atoms with Crippen LogP contribution in [0.2, 0.25) is 0 Å². The molecule has 0 aliphatic heterocycles. The molecule has 0 aliphatic rings. The topological polar surface area (TPSA) is 65.1 Å². The molecule has 0 bridgehead atoms. The van der Waals surface area contributed by atoms with Crippen LogP contribution in [0.5, 0.6) is 0 Å². The van der Waals surface area contributed by atoms with E-state index < -0.39 is 0 Å². The Labute approximate surface area is 148 Å². The second-order valence-corrected chi connectivity index (χ2v) is 6.88. The van der Waals surface area contributed by atoms with Crippen LogP contribution in [0.1, 0.15) is 25.3 Å². The van der Waals surface area contributed by atoms with Crippen LogP contribution in [0.15, 0.2) is 52.7 Å². The van der Waals surface area contributed by atoms with E-state index in [2.05, 4.69) is 41.0 Å². The fourth-order valence-corrected chi connectivity index (χ4v) is 3.15. The Hall–Kier alpha value is -2.67. The van der Waals surface area contributed by atoms with E-state index in [-0.39, 0.29) is 5.56 Å². The molecule has 0 aliphatic carbocycles. The Morgan fingerprint density at radius 1 is 1.12 bits per heavy atom. The van der Waals surface area contributed by atoms with E-state index in [0.29, 0.717) is 27.8 Å². The van der Waals surface area contributed by atoms with Crippen LogP contribution < -0.4 is 5.56 Å². The Morgan fingerprint density at radius 2 is 1.88 bits per heavy atom. The van der Waals surface area contributed by atoms with Crippen molar-refractivity contribution in [1.82, 2.24) is 24.1 Å². The van der Waals surface area contributed by atoms with Gasteiger partial charge in [-0.3, -0.25) is 9.36 Å². The Bertz CT molecular complexity index is 1130. The van der Waals surface area contributed by atoms with Gasteiger partial charge in [0.2, 0.25) is 5.16 Å². The molecular formula is C18H17N5OS. The highest BCUT2D eigenvalue weighted by atomic mass is 32.2. The predicted molar refractivity (Wildman–Crippen MR) is 99.8 cm³/mol. The first-order valence-corrected chi connectivity index (χ1v) is 9.22. The SMILES string of the molecule is CSc1nc2ncc3c(=O)n(-c4ccc(C(C)C)cc4)ccc3n2n1. The van der Waals surface area contributed by atoms with Crippen molar-refractivity contribution in [1.29, 1.82) is 0 Å². The van der Waals surface area contributed by atoms with Crippen LogP contribution in [0.25, 0.3) is 22.4 Å². The van der Waals surface area contributed by atoms with Gasteiger partial charge in [0.05, 0.1) is 10.9 Å². The summed E-state index contributed by atoms with van der Waals surface area (Å²) in [6, 6.07) is 9.92. The molecule has 0 radical (unpaired) electrons. The molecule has 0 saturated carbocycles. The van der Waals surface area contributed by atoms with Gasteiger partial charge in [0.15, 0.2) is 0 Å². The van der Waals surface area contributed by atoms with Gasteiger partial charge in [-0.05, 0) is 35.9 Å². The zero-order chi connectivity index (χ0) is 17.6. The van der Waals surface area contributed by atoms with Gasteiger partial charge in [0, 0.05) is 18.1 Å². The number of thioether (sulfide) groups is 1. The molecule has 4 aromatic rings. The summed E-state index contributed by atoms with van der Waals surface area (Å²) in [5.41, 5.74) is 2.66. The lowest BCUT2D eigenvalue weighted by Crippen LogP contribution is -2.18. The van der Waals surface area contributed by atoms with Crippen molar-refractivity contribution in [3.05, 3.63) is 58.6 Å². The molecule has 1 aromatic carbocycles. The smallest absolute Gasteiger partial charge is 0.266 e. The number of benzene rings is 1. The van der Waals surface area contributed by atoms with E-state index in [1.165, 1.54) is 17.3 Å². The second-order valence-electron chi connectivity index (χ2n) is 6.10. The zero-order valence-electron chi connectivity index (χ0n) is 14.2. The predicted octanol–water partition coefficient (Wildman–Crippen LogP) is 3.27. The maximum atomic E-state index is 12.9. The molecule has 7 heteroatoms. The molecular weight excluding hydrogens is 334 g/mol. The number of nitrogens with zero attached hydrogens (tertiary/aromatic N) is 5. The van der Waals surface area contributed by atoms with Crippen LogP contribution in [0.3, 0.4) is 0 Å². The summed E-state index contributed by atoms with van der Waals surface area (Å²) in [6.45, 7) is 4.30. The van der Waals surface area contributed by atoms with Gasteiger partial charge in [-0.1, -0.05) is 37.7 Å². The highest BCUT2D eigenvalue weighted by Gasteiger charge is 2.12. The van der Waals surface area contributed by atoms with Crippen molar-refractivity contribution >= 4 is 28.4 Å². The normalized spacial score (nSPS) is 11.7. The number of rotatable bonds is 3. The van der Waals surface area contributed by atoms with Crippen LogP contribution in [-0.2, 0) is 0 Å². The van der Waals surface area contributed by atoms with Crippen molar-refractivity contribution in [2.45, 2.75) is 24.9 Å². The van der Waals surface area contributed by atoms with E-state index >= 15 is 0 Å². The van der Waals surface area contributed by atoms with E-state index in [0.717, 1.165) is 5.69 Å². The summed E-state index contributed by atoms with van der Waals surface area (Å²) in [5.74, 6) is 0.952. The van der Waals surface area contributed by atoms with E-state index in [1.54, 1.807) is 21.5 Å². The van der Waals surface area contributed by atoms with Gasteiger partial charge in [0.1, 0.15) is 0 Å². The van der Waals surface area contributed by atoms with Crippen LogP contribution in [0.4, 0.5) is 0 Å². The summed E-state index contributed by atoms with van der Waals surface area (Å²) >= 11 is 1.44. The van der Waals surface area contributed by atoms with Gasteiger partial charge in [-0.15, -0.1) is 5.10 Å². The standard InChI is InChI=1S/C18H17N5OS/c1-11(2)12-4-6-13(7-5-12)22-9-8-15-14(16(22)24)10-19-17-20-18(25-3)21-23(15)17/h4-11H,1-3H3. The van der Waals surface area contributed by atoms with E-state index in [1.807, 2.05) is 24.5 Å². The lowest BCUT2D eigenvalue weighted by molar-refractivity contribution is 0.864. The average molecular weight is 351 g/mol. The first-order chi connectivity index (χ1) is 12.1. The monoisotopic (exact) mass is 351 g/mol. The maximum Gasteiger partial charge on any atom is 0.266 e. The van der Waals surface area contributed by atoms with Crippen molar-refractivity contribution in [3.8, 4) is 5.69 Å². The number of hydrogen-bond donors (Lipinski definition) is 0. The molecule has 0 amide bonds. The molecule has 3 heterocycles. The molecule has 0 fully saturated rings. The Balaban J connectivity index is 1.90. The first kappa shape index (κ1) is 15.8. The van der Waals surface area contributed by atoms with Gasteiger partial charge in [-0.25, -0.2) is 4.98 Å². The minimum atomic E-state index is -0.120. The first-order valence-electron chi connectivity index (χ1n) is 8.00. The summed E-state index contributed by atoms with van der Waals surface area (Å²) in [6.07, 6.45) is 5.25. The fraction of sp³-hybridized carbons (Fsp3) is 0.222. The van der Waals surface area contributed by atoms with Gasteiger partial charge in [-0.2, -0.15) is 9.50 Å². The Morgan fingerprint density at radius 3 is 2.56 bits per heavy atom. The number of fused-ring (bicyclic) bond motifs is 3. The van der Waals surface area contributed by atoms with Crippen LogP contribution >= 0.6 is 11.8 Å². The van der Waals surface area contributed by atoms with Gasteiger partial charge < -0.3 is 0 Å². The molecule has 25 heavy (non-hydrogen) atoms. The Kier molecular flexibility index (Phi) is 3.80. The molecule has 0 unspecified atom stereocenters. The number of aromatic nitrogens is 5. The average Bonchev–Trinajstić information content (AvgIpc) is 3.06. The quantitative estimate of drug-likeness (QED) is 0.530. The zero-order valence-corrected chi connectivity index (χ0v) is 15.0. The lowest BCUT2D eigenvalue weighted by atomic mass is 10.0. The highest BCUT2D eigenvalue weighted by Crippen LogP contribution is 2.18. The third-order valence-corrected chi connectivity index (χ3v) is 4.77. The maximum absolute atomic E-state index is 12.9. The fourth-order valence-electron chi connectivity index (χ4n) is 2.81. The summed E-state index contributed by atoms with van der Waals surface area (Å²) in [7, 11) is 0. The molecule has 4 rings (SSSR count). The molecule has 3 aromatic heterocycles. The summed E-state index contributed by atoms with van der Waals surface area (Å²) in [5, 5.41) is 5.54. The summed E-state index contributed by atoms with van der Waals surface area (Å²) in [4.78, 5) is 21.5. The van der Waals surface area contributed by atoms with E-state index in [9.17, 15) is 4.79 Å². The van der Waals surface area contributed by atoms with Crippen molar-refractivity contribution in [2.24, 2.45) is 0 Å². The van der Waals surface area contributed by atoms with Gasteiger partial charge >= 0.3 is 0 Å². The van der Waals surface area contributed by atoms with Crippen LogP contribution in [0, 0.1) is 0 Å². The third-order valence-electron chi connectivity index (χ3n) is 4.24. The molecule has 6 nitrogen and oxygen atoms in total. The van der Waals surface area contributed by atoms with Gasteiger partial charge in [0.25, 0.3) is 11.3 Å². The lowest BCUT2D eigenvalue weighted by Gasteiger charge is -2.10. The number of hydrogen-bond acceptors (Lipinski definition) is 5. The molecule has 0 atom stereocenters. The van der Waals surface area contributed by atoms with E-state index in [4.69, 9.17) is 0 Å². The molecule has 0 spiro atoms. The van der Waals surface area contributed by atoms with Crippen molar-refractivity contribution < 1.29 is 0 Å². The molecule has 126 valence electrons.